The predicted octanol–water partition coefficient (Wildman–Crippen LogP) is 3.41. The third-order valence-corrected chi connectivity index (χ3v) is 5.13. The minimum Gasteiger partial charge on any atom is -0.497 e. The summed E-state index contributed by atoms with van der Waals surface area (Å²) < 4.78 is 5.18. The second kappa shape index (κ2) is 4.41. The van der Waals surface area contributed by atoms with Crippen LogP contribution in [0.4, 0.5) is 0 Å². The molecule has 94 valence electrons. The smallest absolute Gasteiger partial charge is 0.118 e. The average Bonchev–Trinajstić information content (AvgIpc) is 3.08. The Bertz CT molecular complexity index is 540. The molecule has 3 rings (SSSR count). The van der Waals surface area contributed by atoms with E-state index in [1.54, 1.807) is 7.11 Å². The minimum atomic E-state index is 0.301. The van der Waals surface area contributed by atoms with E-state index >= 15 is 0 Å². The zero-order valence-electron chi connectivity index (χ0n) is 10.5. The van der Waals surface area contributed by atoms with Crippen molar-refractivity contribution in [2.45, 2.75) is 18.3 Å². The first-order valence-electron chi connectivity index (χ1n) is 6.22. The average molecular weight is 259 g/mol. The summed E-state index contributed by atoms with van der Waals surface area (Å²) in [5, 5.41) is 0. The summed E-state index contributed by atoms with van der Waals surface area (Å²) >= 11 is 1.87. The lowest BCUT2D eigenvalue weighted by molar-refractivity contribution is 0.415. The molecule has 0 unspecified atom stereocenters. The molecule has 0 aliphatic heterocycles. The van der Waals surface area contributed by atoms with Crippen molar-refractivity contribution in [1.29, 1.82) is 0 Å². The highest BCUT2D eigenvalue weighted by molar-refractivity contribution is 7.15. The summed E-state index contributed by atoms with van der Waals surface area (Å²) in [7, 11) is 1.69. The van der Waals surface area contributed by atoms with E-state index in [0.29, 0.717) is 5.41 Å². The van der Waals surface area contributed by atoms with Gasteiger partial charge in [-0.3, -0.25) is 0 Å². The Balaban J connectivity index is 1.88. The molecule has 18 heavy (non-hydrogen) atoms. The van der Waals surface area contributed by atoms with Gasteiger partial charge in [0.1, 0.15) is 5.75 Å². The molecular weight excluding hydrogens is 242 g/mol. The molecule has 1 aliphatic carbocycles. The lowest BCUT2D eigenvalue weighted by atomic mass is 10.1. The topological polar surface area (TPSA) is 35.2 Å². The van der Waals surface area contributed by atoms with Gasteiger partial charge in [-0.25, -0.2) is 0 Å². The van der Waals surface area contributed by atoms with E-state index in [1.807, 2.05) is 23.5 Å². The molecule has 0 spiro atoms. The number of hydrogen-bond acceptors (Lipinski definition) is 3. The van der Waals surface area contributed by atoms with Crippen molar-refractivity contribution in [3.05, 3.63) is 41.3 Å². The number of ether oxygens (including phenoxy) is 1. The molecule has 1 aromatic heterocycles. The van der Waals surface area contributed by atoms with Crippen molar-refractivity contribution < 1.29 is 4.74 Å². The maximum atomic E-state index is 5.88. The third-order valence-electron chi connectivity index (χ3n) is 3.75. The van der Waals surface area contributed by atoms with Crippen molar-refractivity contribution in [2.75, 3.05) is 13.7 Å². The number of thiophene rings is 1. The predicted molar refractivity (Wildman–Crippen MR) is 76.3 cm³/mol. The molecule has 2 N–H and O–H groups in total. The summed E-state index contributed by atoms with van der Waals surface area (Å²) in [6.07, 6.45) is 2.48. The summed E-state index contributed by atoms with van der Waals surface area (Å²) in [5.41, 5.74) is 7.43. The van der Waals surface area contributed by atoms with Crippen LogP contribution in [0.3, 0.4) is 0 Å². The summed E-state index contributed by atoms with van der Waals surface area (Å²) in [6, 6.07) is 12.7. The number of benzene rings is 1. The number of nitrogens with two attached hydrogens (primary N) is 1. The van der Waals surface area contributed by atoms with Gasteiger partial charge in [-0.2, -0.15) is 0 Å². The van der Waals surface area contributed by atoms with Crippen molar-refractivity contribution in [3.8, 4) is 16.2 Å². The number of rotatable bonds is 4. The Labute approximate surface area is 111 Å². The Morgan fingerprint density at radius 3 is 2.44 bits per heavy atom. The monoisotopic (exact) mass is 259 g/mol. The normalized spacial score (nSPS) is 16.6. The summed E-state index contributed by atoms with van der Waals surface area (Å²) in [4.78, 5) is 2.75. The van der Waals surface area contributed by atoms with E-state index < -0.39 is 0 Å². The van der Waals surface area contributed by atoms with Crippen LogP contribution in [0.2, 0.25) is 0 Å². The van der Waals surface area contributed by atoms with E-state index in [0.717, 1.165) is 12.3 Å². The van der Waals surface area contributed by atoms with Crippen LogP contribution in [0.5, 0.6) is 5.75 Å². The second-order valence-electron chi connectivity index (χ2n) is 4.88. The van der Waals surface area contributed by atoms with Gasteiger partial charge in [0.05, 0.1) is 7.11 Å². The quantitative estimate of drug-likeness (QED) is 0.913. The van der Waals surface area contributed by atoms with Crippen molar-refractivity contribution >= 4 is 11.3 Å². The zero-order chi connectivity index (χ0) is 12.6. The SMILES string of the molecule is COc1ccc(-c2ccc(C3(CN)CC3)s2)cc1. The summed E-state index contributed by atoms with van der Waals surface area (Å²) in [6.45, 7) is 0.773. The van der Waals surface area contributed by atoms with Crippen LogP contribution in [-0.4, -0.2) is 13.7 Å². The van der Waals surface area contributed by atoms with Gasteiger partial charge in [0, 0.05) is 21.7 Å². The Morgan fingerprint density at radius 1 is 1.17 bits per heavy atom. The maximum Gasteiger partial charge on any atom is 0.118 e. The fourth-order valence-electron chi connectivity index (χ4n) is 2.24. The van der Waals surface area contributed by atoms with Crippen molar-refractivity contribution in [3.63, 3.8) is 0 Å². The third kappa shape index (κ3) is 1.93. The van der Waals surface area contributed by atoms with Crippen LogP contribution >= 0.6 is 11.3 Å². The largest absolute Gasteiger partial charge is 0.497 e. The van der Waals surface area contributed by atoms with Gasteiger partial charge in [-0.05, 0) is 54.8 Å². The molecule has 1 aliphatic rings. The Kier molecular flexibility index (Phi) is 2.88. The molecule has 1 saturated carbocycles. The second-order valence-corrected chi connectivity index (χ2v) is 5.96. The molecule has 1 heterocycles. The van der Waals surface area contributed by atoms with Crippen LogP contribution < -0.4 is 10.5 Å². The first kappa shape index (κ1) is 11.8. The van der Waals surface area contributed by atoms with E-state index in [4.69, 9.17) is 10.5 Å². The first-order valence-corrected chi connectivity index (χ1v) is 7.04. The Hall–Kier alpha value is -1.32. The molecule has 2 aromatic rings. The fraction of sp³-hybridized carbons (Fsp3) is 0.333. The van der Waals surface area contributed by atoms with E-state index in [2.05, 4.69) is 24.3 Å². The molecule has 1 fully saturated rings. The van der Waals surface area contributed by atoms with Gasteiger partial charge in [0.2, 0.25) is 0 Å². The Morgan fingerprint density at radius 2 is 1.89 bits per heavy atom. The minimum absolute atomic E-state index is 0.301. The molecule has 3 heteroatoms. The van der Waals surface area contributed by atoms with Gasteiger partial charge in [0.15, 0.2) is 0 Å². The van der Waals surface area contributed by atoms with Gasteiger partial charge >= 0.3 is 0 Å². The van der Waals surface area contributed by atoms with Crippen molar-refractivity contribution in [2.24, 2.45) is 5.73 Å². The molecular formula is C15H17NOS. The highest BCUT2D eigenvalue weighted by atomic mass is 32.1. The molecule has 2 nitrogen and oxygen atoms in total. The van der Waals surface area contributed by atoms with Crippen molar-refractivity contribution in [1.82, 2.24) is 0 Å². The fourth-order valence-corrected chi connectivity index (χ4v) is 3.50. The molecule has 0 radical (unpaired) electrons. The highest BCUT2D eigenvalue weighted by Gasteiger charge is 2.43. The lowest BCUT2D eigenvalue weighted by Crippen LogP contribution is -2.18. The maximum absolute atomic E-state index is 5.88. The number of methoxy groups -OCH3 is 1. The van der Waals surface area contributed by atoms with Gasteiger partial charge in [-0.15, -0.1) is 11.3 Å². The van der Waals surface area contributed by atoms with Gasteiger partial charge in [0.25, 0.3) is 0 Å². The van der Waals surface area contributed by atoms with Gasteiger partial charge in [-0.1, -0.05) is 0 Å². The lowest BCUT2D eigenvalue weighted by Gasteiger charge is -2.08. The molecule has 0 bridgehead atoms. The van der Waals surface area contributed by atoms with Crippen LogP contribution in [-0.2, 0) is 5.41 Å². The van der Waals surface area contributed by atoms with E-state index in [-0.39, 0.29) is 0 Å². The number of hydrogen-bond donors (Lipinski definition) is 1. The molecule has 0 atom stereocenters. The zero-order valence-corrected chi connectivity index (χ0v) is 11.3. The first-order chi connectivity index (χ1) is 8.77. The van der Waals surface area contributed by atoms with Crippen LogP contribution in [0.1, 0.15) is 17.7 Å². The van der Waals surface area contributed by atoms with E-state index in [1.165, 1.54) is 28.2 Å². The highest BCUT2D eigenvalue weighted by Crippen LogP contribution is 2.50. The van der Waals surface area contributed by atoms with E-state index in [9.17, 15) is 0 Å². The van der Waals surface area contributed by atoms with Crippen LogP contribution in [0.25, 0.3) is 10.4 Å². The molecule has 0 saturated heterocycles. The standard InChI is InChI=1S/C15H17NOS/c1-17-12-4-2-11(3-5-12)13-6-7-14(18-13)15(10-16)8-9-15/h2-7H,8-10,16H2,1H3. The molecule has 0 amide bonds. The molecule has 1 aromatic carbocycles. The van der Waals surface area contributed by atoms with Gasteiger partial charge < -0.3 is 10.5 Å². The van der Waals surface area contributed by atoms with Crippen LogP contribution in [0, 0.1) is 0 Å². The van der Waals surface area contributed by atoms with Crippen LogP contribution in [0.15, 0.2) is 36.4 Å². The summed E-state index contributed by atoms with van der Waals surface area (Å²) in [5.74, 6) is 0.899.